The molecule has 3 nitrogen and oxygen atoms in total. The van der Waals surface area contributed by atoms with Gasteiger partial charge in [0.2, 0.25) is 0 Å². The van der Waals surface area contributed by atoms with Crippen molar-refractivity contribution >= 4 is 0 Å². The van der Waals surface area contributed by atoms with Gasteiger partial charge < -0.3 is 14.8 Å². The van der Waals surface area contributed by atoms with Crippen LogP contribution in [0.15, 0.2) is 0 Å². The molecule has 0 amide bonds. The smallest absolute Gasteiger partial charge is 0.0951 e. The van der Waals surface area contributed by atoms with Crippen LogP contribution in [0.25, 0.3) is 0 Å². The first-order chi connectivity index (χ1) is 7.60. The molecule has 0 bridgehead atoms. The van der Waals surface area contributed by atoms with Crippen molar-refractivity contribution in [1.29, 1.82) is 0 Å². The van der Waals surface area contributed by atoms with E-state index in [4.69, 9.17) is 9.47 Å². The van der Waals surface area contributed by atoms with Gasteiger partial charge in [-0.25, -0.2) is 0 Å². The minimum absolute atomic E-state index is 0.0505. The summed E-state index contributed by atoms with van der Waals surface area (Å²) in [5.74, 6) is 0. The molecule has 0 aromatic heterocycles. The molecule has 2 saturated heterocycles. The molecule has 2 aliphatic heterocycles. The number of nitrogens with one attached hydrogen (secondary N) is 1. The molecule has 0 radical (unpaired) electrons. The van der Waals surface area contributed by atoms with E-state index in [1.165, 1.54) is 6.42 Å². The van der Waals surface area contributed by atoms with Crippen LogP contribution in [0.3, 0.4) is 0 Å². The van der Waals surface area contributed by atoms with Gasteiger partial charge in [0.05, 0.1) is 12.2 Å². The zero-order valence-corrected chi connectivity index (χ0v) is 10.4. The molecule has 1 aliphatic carbocycles. The monoisotopic (exact) mass is 225 g/mol. The predicted octanol–water partition coefficient (Wildman–Crippen LogP) is 1.71. The molecule has 1 N–H and O–H groups in total. The van der Waals surface area contributed by atoms with Gasteiger partial charge in [-0.15, -0.1) is 0 Å². The second-order valence-corrected chi connectivity index (χ2v) is 6.44. The van der Waals surface area contributed by atoms with Crippen LogP contribution in [-0.4, -0.2) is 37.5 Å². The molecular weight excluding hydrogens is 202 g/mol. The quantitative estimate of drug-likeness (QED) is 0.776. The fourth-order valence-corrected chi connectivity index (χ4v) is 3.07. The zero-order valence-electron chi connectivity index (χ0n) is 10.4. The summed E-state index contributed by atoms with van der Waals surface area (Å²) in [4.78, 5) is 0. The highest BCUT2D eigenvalue weighted by atomic mass is 16.6. The highest BCUT2D eigenvalue weighted by Gasteiger charge is 2.48. The Balaban J connectivity index is 1.56. The van der Waals surface area contributed by atoms with Crippen molar-refractivity contribution in [3.05, 3.63) is 0 Å². The van der Waals surface area contributed by atoms with E-state index in [0.717, 1.165) is 45.1 Å². The van der Waals surface area contributed by atoms with Crippen molar-refractivity contribution in [3.8, 4) is 0 Å². The summed E-state index contributed by atoms with van der Waals surface area (Å²) >= 11 is 0. The summed E-state index contributed by atoms with van der Waals surface area (Å²) in [6.07, 6.45) is 4.71. The lowest BCUT2D eigenvalue weighted by molar-refractivity contribution is -0.0897. The zero-order chi connectivity index (χ0) is 11.2. The Bertz CT molecular complexity index is 271. The van der Waals surface area contributed by atoms with E-state index in [1.54, 1.807) is 0 Å². The standard InChI is InChI=1S/C13H23NO2/c1-12(2)8-11(12)14-10-3-5-16-13(7-10)4-6-15-9-13/h10-11,14H,3-9H2,1-2H3. The van der Waals surface area contributed by atoms with Crippen LogP contribution in [0.1, 0.15) is 39.5 Å². The van der Waals surface area contributed by atoms with Crippen molar-refractivity contribution in [2.24, 2.45) is 5.41 Å². The van der Waals surface area contributed by atoms with E-state index in [0.29, 0.717) is 11.5 Å². The Morgan fingerprint density at radius 1 is 1.19 bits per heavy atom. The molecule has 3 unspecified atom stereocenters. The maximum absolute atomic E-state index is 5.95. The molecule has 3 atom stereocenters. The van der Waals surface area contributed by atoms with Gasteiger partial charge in [-0.3, -0.25) is 0 Å². The number of hydrogen-bond donors (Lipinski definition) is 1. The van der Waals surface area contributed by atoms with Gasteiger partial charge >= 0.3 is 0 Å². The van der Waals surface area contributed by atoms with Gasteiger partial charge in [0, 0.05) is 31.7 Å². The Morgan fingerprint density at radius 3 is 2.62 bits per heavy atom. The minimum Gasteiger partial charge on any atom is -0.378 e. The molecule has 2 heterocycles. The van der Waals surface area contributed by atoms with Crippen LogP contribution in [-0.2, 0) is 9.47 Å². The Hall–Kier alpha value is -0.120. The third-order valence-corrected chi connectivity index (χ3v) is 4.51. The molecule has 3 fully saturated rings. The maximum atomic E-state index is 5.95. The lowest BCUT2D eigenvalue weighted by Crippen LogP contribution is -2.48. The van der Waals surface area contributed by atoms with Gasteiger partial charge in [0.1, 0.15) is 0 Å². The lowest BCUT2D eigenvalue weighted by Gasteiger charge is -2.37. The highest BCUT2D eigenvalue weighted by Crippen LogP contribution is 2.45. The van der Waals surface area contributed by atoms with Crippen LogP contribution in [0.2, 0.25) is 0 Å². The van der Waals surface area contributed by atoms with Crippen molar-refractivity contribution in [2.75, 3.05) is 19.8 Å². The summed E-state index contributed by atoms with van der Waals surface area (Å²) < 4.78 is 11.4. The largest absolute Gasteiger partial charge is 0.378 e. The van der Waals surface area contributed by atoms with Gasteiger partial charge in [0.25, 0.3) is 0 Å². The van der Waals surface area contributed by atoms with Crippen LogP contribution < -0.4 is 5.32 Å². The average Bonchev–Trinajstić information content (AvgIpc) is 2.63. The first-order valence-electron chi connectivity index (χ1n) is 6.58. The van der Waals surface area contributed by atoms with Crippen LogP contribution in [0, 0.1) is 5.41 Å². The van der Waals surface area contributed by atoms with Crippen molar-refractivity contribution in [3.63, 3.8) is 0 Å². The molecule has 3 heteroatoms. The average molecular weight is 225 g/mol. The topological polar surface area (TPSA) is 30.5 Å². The number of hydrogen-bond acceptors (Lipinski definition) is 3. The summed E-state index contributed by atoms with van der Waals surface area (Å²) in [6.45, 7) is 7.27. The number of rotatable bonds is 2. The first-order valence-corrected chi connectivity index (χ1v) is 6.58. The van der Waals surface area contributed by atoms with E-state index < -0.39 is 0 Å². The molecule has 3 aliphatic rings. The molecule has 92 valence electrons. The SMILES string of the molecule is CC1(C)CC1NC1CCOC2(CCOC2)C1. The minimum atomic E-state index is 0.0505. The van der Waals surface area contributed by atoms with E-state index >= 15 is 0 Å². The molecular formula is C13H23NO2. The van der Waals surface area contributed by atoms with Gasteiger partial charge in [-0.1, -0.05) is 13.8 Å². The van der Waals surface area contributed by atoms with Gasteiger partial charge in [-0.05, 0) is 24.7 Å². The van der Waals surface area contributed by atoms with Crippen molar-refractivity contribution in [1.82, 2.24) is 5.32 Å². The van der Waals surface area contributed by atoms with E-state index in [-0.39, 0.29) is 5.60 Å². The molecule has 1 saturated carbocycles. The third-order valence-electron chi connectivity index (χ3n) is 4.51. The van der Waals surface area contributed by atoms with Crippen molar-refractivity contribution < 1.29 is 9.47 Å². The normalized spacial score (nSPS) is 46.1. The van der Waals surface area contributed by atoms with Gasteiger partial charge in [0.15, 0.2) is 0 Å². The van der Waals surface area contributed by atoms with E-state index in [9.17, 15) is 0 Å². The second kappa shape index (κ2) is 3.69. The molecule has 1 spiro atoms. The number of ether oxygens (including phenoxy) is 2. The van der Waals surface area contributed by atoms with E-state index in [1.807, 2.05) is 0 Å². The van der Waals surface area contributed by atoms with E-state index in [2.05, 4.69) is 19.2 Å². The molecule has 0 aromatic carbocycles. The van der Waals surface area contributed by atoms with Crippen molar-refractivity contribution in [2.45, 2.75) is 57.2 Å². The Kier molecular flexibility index (Phi) is 2.54. The van der Waals surface area contributed by atoms with Gasteiger partial charge in [-0.2, -0.15) is 0 Å². The Labute approximate surface area is 97.9 Å². The highest BCUT2D eigenvalue weighted by molar-refractivity contribution is 5.04. The molecule has 0 aromatic rings. The van der Waals surface area contributed by atoms with Crippen LogP contribution in [0.4, 0.5) is 0 Å². The summed E-state index contributed by atoms with van der Waals surface area (Å²) in [6, 6.07) is 1.37. The first kappa shape index (κ1) is 11.0. The van der Waals surface area contributed by atoms with Crippen LogP contribution in [0.5, 0.6) is 0 Å². The second-order valence-electron chi connectivity index (χ2n) is 6.44. The maximum Gasteiger partial charge on any atom is 0.0951 e. The summed E-state index contributed by atoms with van der Waals surface area (Å²) in [5.41, 5.74) is 0.576. The fraction of sp³-hybridized carbons (Fsp3) is 1.00. The lowest BCUT2D eigenvalue weighted by atomic mass is 9.89. The fourth-order valence-electron chi connectivity index (χ4n) is 3.07. The summed E-state index contributed by atoms with van der Waals surface area (Å²) in [5, 5.41) is 3.80. The Morgan fingerprint density at radius 2 is 2.00 bits per heavy atom. The third kappa shape index (κ3) is 2.01. The molecule has 16 heavy (non-hydrogen) atoms. The van der Waals surface area contributed by atoms with Crippen LogP contribution >= 0.6 is 0 Å². The molecule has 3 rings (SSSR count). The summed E-state index contributed by atoms with van der Waals surface area (Å²) in [7, 11) is 0. The predicted molar refractivity (Wildman–Crippen MR) is 62.5 cm³/mol.